The Bertz CT molecular complexity index is 813. The van der Waals surface area contributed by atoms with E-state index in [2.05, 4.69) is 67.5 Å². The van der Waals surface area contributed by atoms with Crippen molar-refractivity contribution in [2.45, 2.75) is 19.4 Å². The van der Waals surface area contributed by atoms with Gasteiger partial charge in [0.15, 0.2) is 5.96 Å². The molecule has 2 heterocycles. The van der Waals surface area contributed by atoms with Crippen LogP contribution >= 0.6 is 11.5 Å². The first-order valence-corrected chi connectivity index (χ1v) is 11.2. The number of aromatic nitrogens is 2. The van der Waals surface area contributed by atoms with Gasteiger partial charge >= 0.3 is 0 Å². The van der Waals surface area contributed by atoms with Gasteiger partial charge in [0, 0.05) is 57.7 Å². The Morgan fingerprint density at radius 3 is 2.47 bits per heavy atom. The van der Waals surface area contributed by atoms with Crippen LogP contribution in [0.25, 0.3) is 0 Å². The summed E-state index contributed by atoms with van der Waals surface area (Å²) in [6.45, 7) is 6.55. The molecular formula is C21H33N7OS. The third-order valence-corrected chi connectivity index (χ3v) is 6.23. The fraction of sp³-hybridized carbons (Fsp3) is 0.571. The van der Waals surface area contributed by atoms with Crippen molar-refractivity contribution < 1.29 is 4.74 Å². The molecule has 1 aliphatic heterocycles. The Hall–Kier alpha value is -2.39. The number of nitrogens with zero attached hydrogens (tertiary/aromatic N) is 6. The van der Waals surface area contributed by atoms with Crippen LogP contribution in [0, 0.1) is 0 Å². The molecule has 0 radical (unpaired) electrons. The number of rotatable bonds is 7. The molecule has 9 heteroatoms. The Labute approximate surface area is 183 Å². The van der Waals surface area contributed by atoms with Crippen molar-refractivity contribution in [2.75, 3.05) is 65.9 Å². The highest BCUT2D eigenvalue weighted by atomic mass is 32.1. The standard InChI is InChI=1S/C21H33N7OS/c1-6-19-24-21(30-25-19)28-13-11-27(12-14-28)20(22-2)23-15-18(26(3)4)16-7-9-17(29-5)10-8-16/h7-10,18H,6,11-15H2,1-5H3,(H,22,23). The predicted octanol–water partition coefficient (Wildman–Crippen LogP) is 2.11. The van der Waals surface area contributed by atoms with Crippen molar-refractivity contribution in [3.05, 3.63) is 35.7 Å². The lowest BCUT2D eigenvalue weighted by molar-refractivity contribution is 0.292. The molecule has 1 fully saturated rings. The molecule has 1 atom stereocenters. The van der Waals surface area contributed by atoms with Crippen LogP contribution in [0.2, 0.25) is 0 Å². The topological polar surface area (TPSA) is 69.1 Å². The van der Waals surface area contributed by atoms with Gasteiger partial charge in [-0.3, -0.25) is 4.99 Å². The summed E-state index contributed by atoms with van der Waals surface area (Å²) in [5.41, 5.74) is 1.25. The number of benzene rings is 1. The van der Waals surface area contributed by atoms with E-state index in [1.807, 2.05) is 19.2 Å². The molecule has 1 saturated heterocycles. The molecule has 164 valence electrons. The normalized spacial score (nSPS) is 16.1. The molecule has 0 bridgehead atoms. The second-order valence-electron chi connectivity index (χ2n) is 7.50. The monoisotopic (exact) mass is 431 g/mol. The van der Waals surface area contributed by atoms with E-state index in [9.17, 15) is 0 Å². The number of hydrogen-bond acceptors (Lipinski definition) is 7. The molecule has 1 aromatic heterocycles. The lowest BCUT2D eigenvalue weighted by atomic mass is 10.1. The van der Waals surface area contributed by atoms with Crippen molar-refractivity contribution >= 4 is 22.6 Å². The number of anilines is 1. The van der Waals surface area contributed by atoms with Crippen molar-refractivity contribution in [1.82, 2.24) is 24.5 Å². The summed E-state index contributed by atoms with van der Waals surface area (Å²) in [6.07, 6.45) is 0.883. The SMILES string of the molecule is CCc1nsc(N2CCN(C(=NC)NCC(c3ccc(OC)cc3)N(C)C)CC2)n1. The molecule has 8 nitrogen and oxygen atoms in total. The van der Waals surface area contributed by atoms with Gasteiger partial charge in [-0.25, -0.2) is 4.98 Å². The van der Waals surface area contributed by atoms with Gasteiger partial charge in [0.25, 0.3) is 0 Å². The maximum Gasteiger partial charge on any atom is 0.205 e. The third-order valence-electron chi connectivity index (χ3n) is 5.41. The Morgan fingerprint density at radius 1 is 1.23 bits per heavy atom. The quantitative estimate of drug-likeness (QED) is 0.532. The minimum Gasteiger partial charge on any atom is -0.497 e. The van der Waals surface area contributed by atoms with E-state index < -0.39 is 0 Å². The van der Waals surface area contributed by atoms with Crippen LogP contribution in [0.4, 0.5) is 5.13 Å². The number of aliphatic imine (C=N–C) groups is 1. The number of guanidine groups is 1. The molecule has 1 unspecified atom stereocenters. The van der Waals surface area contributed by atoms with Crippen LogP contribution in [-0.4, -0.2) is 86.1 Å². The first-order valence-electron chi connectivity index (χ1n) is 10.4. The number of hydrogen-bond donors (Lipinski definition) is 1. The smallest absolute Gasteiger partial charge is 0.205 e. The van der Waals surface area contributed by atoms with Crippen molar-refractivity contribution in [2.24, 2.45) is 4.99 Å². The zero-order valence-electron chi connectivity index (χ0n) is 18.6. The van der Waals surface area contributed by atoms with Crippen LogP contribution < -0.4 is 15.0 Å². The highest BCUT2D eigenvalue weighted by Crippen LogP contribution is 2.22. The molecule has 0 spiro atoms. The van der Waals surface area contributed by atoms with Crippen LogP contribution in [-0.2, 0) is 6.42 Å². The minimum atomic E-state index is 0.239. The van der Waals surface area contributed by atoms with Gasteiger partial charge in [0.05, 0.1) is 13.2 Å². The van der Waals surface area contributed by atoms with Gasteiger partial charge in [0.2, 0.25) is 5.13 Å². The van der Waals surface area contributed by atoms with Crippen LogP contribution in [0.1, 0.15) is 24.4 Å². The Balaban J connectivity index is 1.56. The molecule has 0 aliphatic carbocycles. The molecule has 3 rings (SSSR count). The maximum atomic E-state index is 5.29. The van der Waals surface area contributed by atoms with Gasteiger partial charge in [-0.2, -0.15) is 4.37 Å². The second-order valence-corrected chi connectivity index (χ2v) is 8.23. The van der Waals surface area contributed by atoms with Crippen molar-refractivity contribution in [3.8, 4) is 5.75 Å². The highest BCUT2D eigenvalue weighted by Gasteiger charge is 2.23. The fourth-order valence-electron chi connectivity index (χ4n) is 3.57. The van der Waals surface area contributed by atoms with Gasteiger partial charge < -0.3 is 24.8 Å². The van der Waals surface area contributed by atoms with Crippen molar-refractivity contribution in [1.29, 1.82) is 0 Å². The van der Waals surface area contributed by atoms with E-state index in [0.717, 1.165) is 61.8 Å². The highest BCUT2D eigenvalue weighted by molar-refractivity contribution is 7.09. The van der Waals surface area contributed by atoms with E-state index in [0.29, 0.717) is 0 Å². The average molecular weight is 432 g/mol. The van der Waals surface area contributed by atoms with E-state index in [4.69, 9.17) is 4.74 Å². The zero-order chi connectivity index (χ0) is 21.5. The second kappa shape index (κ2) is 10.6. The largest absolute Gasteiger partial charge is 0.497 e. The summed E-state index contributed by atoms with van der Waals surface area (Å²) < 4.78 is 9.70. The van der Waals surface area contributed by atoms with Crippen LogP contribution in [0.3, 0.4) is 0 Å². The molecule has 2 aromatic rings. The van der Waals surface area contributed by atoms with E-state index in [1.165, 1.54) is 17.1 Å². The van der Waals surface area contributed by atoms with E-state index in [1.54, 1.807) is 7.11 Å². The van der Waals surface area contributed by atoms with Crippen LogP contribution in [0.15, 0.2) is 29.3 Å². The maximum absolute atomic E-state index is 5.29. The van der Waals surface area contributed by atoms with E-state index in [-0.39, 0.29) is 6.04 Å². The van der Waals surface area contributed by atoms with Gasteiger partial charge in [-0.05, 0) is 31.8 Å². The molecule has 1 N–H and O–H groups in total. The lowest BCUT2D eigenvalue weighted by Crippen LogP contribution is -2.53. The predicted molar refractivity (Wildman–Crippen MR) is 124 cm³/mol. The molecule has 0 saturated carbocycles. The fourth-order valence-corrected chi connectivity index (χ4v) is 4.37. The number of nitrogens with one attached hydrogen (secondary N) is 1. The molecule has 1 aliphatic rings. The van der Waals surface area contributed by atoms with Crippen LogP contribution in [0.5, 0.6) is 5.75 Å². The number of piperazine rings is 1. The summed E-state index contributed by atoms with van der Waals surface area (Å²) in [7, 11) is 7.75. The summed E-state index contributed by atoms with van der Waals surface area (Å²) in [4.78, 5) is 16.0. The summed E-state index contributed by atoms with van der Waals surface area (Å²) in [5.74, 6) is 2.75. The molecule has 1 aromatic carbocycles. The average Bonchev–Trinajstić information content (AvgIpc) is 3.26. The Morgan fingerprint density at radius 2 is 1.93 bits per heavy atom. The molecule has 30 heavy (non-hydrogen) atoms. The molecule has 0 amide bonds. The first-order chi connectivity index (χ1) is 14.5. The van der Waals surface area contributed by atoms with Gasteiger partial charge in [-0.1, -0.05) is 19.1 Å². The van der Waals surface area contributed by atoms with Gasteiger partial charge in [0.1, 0.15) is 11.6 Å². The lowest BCUT2D eigenvalue weighted by Gasteiger charge is -2.37. The van der Waals surface area contributed by atoms with Gasteiger partial charge in [-0.15, -0.1) is 0 Å². The summed E-state index contributed by atoms with van der Waals surface area (Å²) >= 11 is 1.50. The summed E-state index contributed by atoms with van der Waals surface area (Å²) in [5, 5.41) is 4.60. The zero-order valence-corrected chi connectivity index (χ0v) is 19.4. The number of ether oxygens (including phenoxy) is 1. The van der Waals surface area contributed by atoms with Crippen molar-refractivity contribution in [3.63, 3.8) is 0 Å². The summed E-state index contributed by atoms with van der Waals surface area (Å²) in [6, 6.07) is 8.51. The number of methoxy groups -OCH3 is 1. The molecular weight excluding hydrogens is 398 g/mol. The first kappa shape index (κ1) is 22.3. The minimum absolute atomic E-state index is 0.239. The third kappa shape index (κ3) is 5.40. The number of likely N-dealkylation sites (N-methyl/N-ethyl adjacent to an activating group) is 1. The Kier molecular flexibility index (Phi) is 7.87. The van der Waals surface area contributed by atoms with E-state index >= 15 is 0 Å². The number of aryl methyl sites for hydroxylation is 1.